The van der Waals surface area contributed by atoms with Gasteiger partial charge in [0.15, 0.2) is 16.2 Å². The van der Waals surface area contributed by atoms with E-state index in [4.69, 9.17) is 16.2 Å². The van der Waals surface area contributed by atoms with Gasteiger partial charge in [-0.15, -0.1) is 11.3 Å². The highest BCUT2D eigenvalue weighted by molar-refractivity contribution is 7.78. The van der Waals surface area contributed by atoms with Gasteiger partial charge in [-0.3, -0.25) is 4.79 Å². The minimum atomic E-state index is -1.93. The number of halogens is 1. The second-order valence-electron chi connectivity index (χ2n) is 6.56. The largest absolute Gasteiger partial charge is 0.306 e. The van der Waals surface area contributed by atoms with Gasteiger partial charge in [-0.2, -0.15) is 0 Å². The molecule has 140 valence electrons. The third kappa shape index (κ3) is 5.13. The number of nitrogens with one attached hydrogen (secondary N) is 1. The fourth-order valence-corrected chi connectivity index (χ4v) is 5.01. The van der Waals surface area contributed by atoms with Crippen molar-refractivity contribution in [1.82, 2.24) is 4.98 Å². The molecular weight excluding hydrogens is 392 g/mol. The first-order chi connectivity index (χ1) is 12.5. The quantitative estimate of drug-likeness (QED) is 0.639. The molecule has 1 aromatic heterocycles. The van der Waals surface area contributed by atoms with E-state index in [1.165, 1.54) is 24.2 Å². The summed E-state index contributed by atoms with van der Waals surface area (Å²) in [6, 6.07) is 5.59. The van der Waals surface area contributed by atoms with Crippen molar-refractivity contribution in [2.24, 2.45) is 5.92 Å². The predicted molar refractivity (Wildman–Crippen MR) is 106 cm³/mol. The lowest BCUT2D eigenvalue weighted by molar-refractivity contribution is -0.116. The summed E-state index contributed by atoms with van der Waals surface area (Å²) in [5.74, 6) is 0.501. The summed E-state index contributed by atoms with van der Waals surface area (Å²) >= 11 is 5.79. The number of rotatable bonds is 7. The molecule has 1 saturated carbocycles. The number of benzene rings is 1. The van der Waals surface area contributed by atoms with Gasteiger partial charge in [0.1, 0.15) is 0 Å². The van der Waals surface area contributed by atoms with Crippen LogP contribution in [0.4, 0.5) is 5.13 Å². The average Bonchev–Trinajstić information content (AvgIpc) is 3.28. The Balaban J connectivity index is 1.78. The summed E-state index contributed by atoms with van der Waals surface area (Å²) in [6.45, 7) is 0. The molecule has 5 nitrogen and oxygen atoms in total. The number of thiazole rings is 1. The molecule has 0 bridgehead atoms. The van der Waals surface area contributed by atoms with Crippen LogP contribution in [0.5, 0.6) is 0 Å². The Hall–Kier alpha value is -1.28. The minimum Gasteiger partial charge on any atom is -0.306 e. The molecule has 1 aromatic carbocycles. The molecule has 2 N–H and O–H groups in total. The van der Waals surface area contributed by atoms with E-state index in [1.807, 2.05) is 17.5 Å². The van der Waals surface area contributed by atoms with Crippen LogP contribution < -0.4 is 5.32 Å². The summed E-state index contributed by atoms with van der Waals surface area (Å²) in [4.78, 5) is 16.6. The van der Waals surface area contributed by atoms with Gasteiger partial charge in [0.05, 0.1) is 5.75 Å². The molecule has 1 aliphatic rings. The first-order valence-corrected chi connectivity index (χ1v) is 11.1. The Morgan fingerprint density at radius 3 is 2.81 bits per heavy atom. The lowest BCUT2D eigenvalue weighted by atomic mass is 9.82. The van der Waals surface area contributed by atoms with Gasteiger partial charge in [0.2, 0.25) is 5.91 Å². The molecule has 0 radical (unpaired) electrons. The summed E-state index contributed by atoms with van der Waals surface area (Å²) in [7, 11) is 0. The van der Waals surface area contributed by atoms with Crippen LogP contribution in [0.3, 0.4) is 0 Å². The molecule has 0 aliphatic heterocycles. The fraction of sp³-hybridized carbons (Fsp3) is 0.444. The summed E-state index contributed by atoms with van der Waals surface area (Å²) < 4.78 is 20.1. The van der Waals surface area contributed by atoms with Crippen LogP contribution in [0.1, 0.15) is 49.1 Å². The molecule has 3 rings (SSSR count). The molecule has 1 amide bonds. The van der Waals surface area contributed by atoms with Gasteiger partial charge in [-0.25, -0.2) is 9.19 Å². The molecule has 26 heavy (non-hydrogen) atoms. The van der Waals surface area contributed by atoms with Crippen molar-refractivity contribution in [2.45, 2.75) is 43.8 Å². The Labute approximate surface area is 164 Å². The first kappa shape index (κ1) is 19.5. The van der Waals surface area contributed by atoms with Gasteiger partial charge in [-0.05, 0) is 41.9 Å². The van der Waals surface area contributed by atoms with Gasteiger partial charge in [0.25, 0.3) is 0 Å². The number of hydrogen-bond donors (Lipinski definition) is 2. The second kappa shape index (κ2) is 9.08. The van der Waals surface area contributed by atoms with E-state index in [0.717, 1.165) is 18.4 Å². The molecule has 1 aliphatic carbocycles. The highest BCUT2D eigenvalue weighted by Gasteiger charge is 2.29. The lowest BCUT2D eigenvalue weighted by Crippen LogP contribution is -2.20. The van der Waals surface area contributed by atoms with Gasteiger partial charge < -0.3 is 9.87 Å². The number of hydrogen-bond acceptors (Lipinski definition) is 4. The number of amides is 1. The average molecular weight is 413 g/mol. The zero-order chi connectivity index (χ0) is 18.5. The normalized spacial score (nSPS) is 17.2. The zero-order valence-corrected chi connectivity index (χ0v) is 16.6. The molecule has 1 heterocycles. The van der Waals surface area contributed by atoms with Crippen LogP contribution in [0.2, 0.25) is 5.02 Å². The maximum absolute atomic E-state index is 12.5. The summed E-state index contributed by atoms with van der Waals surface area (Å²) in [5, 5.41) is 5.78. The van der Waals surface area contributed by atoms with Gasteiger partial charge in [-0.1, -0.05) is 36.6 Å². The van der Waals surface area contributed by atoms with Crippen molar-refractivity contribution in [2.75, 3.05) is 5.32 Å². The summed E-state index contributed by atoms with van der Waals surface area (Å²) in [6.07, 6.45) is 6.63. The van der Waals surface area contributed by atoms with E-state index in [1.54, 1.807) is 12.3 Å². The van der Waals surface area contributed by atoms with Crippen LogP contribution in [-0.4, -0.2) is 19.7 Å². The number of carbonyl (C=O) groups excluding carboxylic acids is 1. The van der Waals surface area contributed by atoms with Crippen LogP contribution in [0, 0.1) is 5.92 Å². The van der Waals surface area contributed by atoms with E-state index < -0.39 is 11.1 Å². The number of anilines is 1. The second-order valence-corrected chi connectivity index (χ2v) is 8.79. The van der Waals surface area contributed by atoms with Crippen molar-refractivity contribution in [3.05, 3.63) is 45.9 Å². The van der Waals surface area contributed by atoms with Crippen molar-refractivity contribution in [1.29, 1.82) is 0 Å². The van der Waals surface area contributed by atoms with E-state index in [2.05, 4.69) is 10.3 Å². The Bertz CT molecular complexity index is 777. The van der Waals surface area contributed by atoms with E-state index in [-0.39, 0.29) is 17.6 Å². The lowest BCUT2D eigenvalue weighted by Gasteiger charge is -2.24. The number of nitrogens with zero attached hydrogens (tertiary/aromatic N) is 1. The molecule has 0 saturated heterocycles. The fourth-order valence-electron chi connectivity index (χ4n) is 3.62. The maximum atomic E-state index is 12.5. The predicted octanol–water partition coefficient (Wildman–Crippen LogP) is 4.82. The smallest absolute Gasteiger partial charge is 0.226 e. The van der Waals surface area contributed by atoms with E-state index >= 15 is 0 Å². The van der Waals surface area contributed by atoms with Gasteiger partial charge in [0, 0.05) is 23.0 Å². The highest BCUT2D eigenvalue weighted by atomic mass is 35.5. The topological polar surface area (TPSA) is 79.3 Å². The van der Waals surface area contributed by atoms with Crippen molar-refractivity contribution >= 4 is 45.1 Å². The van der Waals surface area contributed by atoms with Gasteiger partial charge >= 0.3 is 0 Å². The molecular formula is C18H21ClN2O3S2. The van der Waals surface area contributed by atoms with Crippen molar-refractivity contribution < 1.29 is 13.6 Å². The Kier molecular flexibility index (Phi) is 6.80. The SMILES string of the molecule is O=C(C[C@@H](c1ccc(CS(=O)O)c(Cl)c1)C1CCCC1)Nc1nccs1. The van der Waals surface area contributed by atoms with E-state index in [9.17, 15) is 9.00 Å². The third-order valence-corrected chi connectivity index (χ3v) is 6.44. The van der Waals surface area contributed by atoms with Crippen LogP contribution >= 0.6 is 22.9 Å². The minimum absolute atomic E-state index is 0.0116. The van der Waals surface area contributed by atoms with Crippen LogP contribution in [-0.2, 0) is 21.6 Å². The van der Waals surface area contributed by atoms with Crippen molar-refractivity contribution in [3.8, 4) is 0 Å². The highest BCUT2D eigenvalue weighted by Crippen LogP contribution is 2.40. The molecule has 0 spiro atoms. The number of carbonyl (C=O) groups is 1. The summed E-state index contributed by atoms with van der Waals surface area (Å²) in [5.41, 5.74) is 1.66. The standard InChI is InChI=1S/C18H21ClN2O3S2/c19-16-9-13(5-6-14(16)11-26(23)24)15(12-3-1-2-4-12)10-17(22)21-18-20-7-8-25-18/h5-9,12,15H,1-4,10-11H2,(H,23,24)(H,20,21,22)/t15-/m1/s1. The van der Waals surface area contributed by atoms with Crippen molar-refractivity contribution in [3.63, 3.8) is 0 Å². The maximum Gasteiger partial charge on any atom is 0.226 e. The number of aromatic nitrogens is 1. The molecule has 2 aromatic rings. The molecule has 8 heteroatoms. The monoisotopic (exact) mass is 412 g/mol. The molecule has 1 unspecified atom stereocenters. The Morgan fingerprint density at radius 1 is 1.42 bits per heavy atom. The van der Waals surface area contributed by atoms with Crippen LogP contribution in [0.25, 0.3) is 0 Å². The molecule has 2 atom stereocenters. The first-order valence-electron chi connectivity index (χ1n) is 8.58. The zero-order valence-electron chi connectivity index (χ0n) is 14.2. The van der Waals surface area contributed by atoms with E-state index in [0.29, 0.717) is 28.1 Å². The Morgan fingerprint density at radius 2 is 2.19 bits per heavy atom. The molecule has 1 fully saturated rings. The van der Waals surface area contributed by atoms with Crippen LogP contribution in [0.15, 0.2) is 29.8 Å². The third-order valence-electron chi connectivity index (χ3n) is 4.84.